The SMILES string of the molecule is CNCc1ncnn1CCc1ccnn1C. The van der Waals surface area contributed by atoms with Crippen molar-refractivity contribution in [2.45, 2.75) is 19.5 Å². The Kier molecular flexibility index (Phi) is 3.31. The normalized spacial score (nSPS) is 10.9. The quantitative estimate of drug-likeness (QED) is 0.769. The van der Waals surface area contributed by atoms with Crippen LogP contribution in [0.1, 0.15) is 11.5 Å². The molecule has 2 aromatic heterocycles. The van der Waals surface area contributed by atoms with Crippen molar-refractivity contribution in [1.82, 2.24) is 29.9 Å². The predicted molar refractivity (Wildman–Crippen MR) is 59.7 cm³/mol. The van der Waals surface area contributed by atoms with E-state index in [0.29, 0.717) is 0 Å². The van der Waals surface area contributed by atoms with Gasteiger partial charge in [-0.2, -0.15) is 10.2 Å². The summed E-state index contributed by atoms with van der Waals surface area (Å²) in [6.45, 7) is 1.57. The van der Waals surface area contributed by atoms with Gasteiger partial charge in [0.05, 0.1) is 6.54 Å². The van der Waals surface area contributed by atoms with Gasteiger partial charge in [-0.1, -0.05) is 0 Å². The van der Waals surface area contributed by atoms with Gasteiger partial charge in [-0.3, -0.25) is 4.68 Å². The second kappa shape index (κ2) is 4.89. The van der Waals surface area contributed by atoms with Gasteiger partial charge in [-0.05, 0) is 13.1 Å². The zero-order valence-electron chi connectivity index (χ0n) is 9.59. The first-order valence-corrected chi connectivity index (χ1v) is 5.29. The van der Waals surface area contributed by atoms with Crippen LogP contribution in [0.3, 0.4) is 0 Å². The summed E-state index contributed by atoms with van der Waals surface area (Å²) in [5.41, 5.74) is 1.20. The summed E-state index contributed by atoms with van der Waals surface area (Å²) in [5, 5.41) is 11.4. The maximum Gasteiger partial charge on any atom is 0.140 e. The van der Waals surface area contributed by atoms with E-state index in [1.54, 1.807) is 6.33 Å². The largest absolute Gasteiger partial charge is 0.313 e. The Bertz CT molecular complexity index is 444. The van der Waals surface area contributed by atoms with Crippen molar-refractivity contribution in [1.29, 1.82) is 0 Å². The second-order valence-electron chi connectivity index (χ2n) is 3.63. The molecular formula is C10H16N6. The van der Waals surface area contributed by atoms with Crippen molar-refractivity contribution in [3.63, 3.8) is 0 Å². The van der Waals surface area contributed by atoms with Crippen LogP contribution in [-0.4, -0.2) is 31.6 Å². The van der Waals surface area contributed by atoms with Gasteiger partial charge >= 0.3 is 0 Å². The molecule has 2 aromatic rings. The van der Waals surface area contributed by atoms with Gasteiger partial charge in [-0.15, -0.1) is 0 Å². The molecule has 0 spiro atoms. The van der Waals surface area contributed by atoms with Gasteiger partial charge in [0.25, 0.3) is 0 Å². The minimum atomic E-state index is 0.741. The molecule has 0 aliphatic carbocycles. The summed E-state index contributed by atoms with van der Waals surface area (Å²) in [7, 11) is 3.85. The Morgan fingerprint density at radius 2 is 2.25 bits per heavy atom. The van der Waals surface area contributed by atoms with Crippen LogP contribution in [-0.2, 0) is 26.6 Å². The van der Waals surface area contributed by atoms with Crippen LogP contribution < -0.4 is 5.32 Å². The van der Waals surface area contributed by atoms with E-state index in [2.05, 4.69) is 20.5 Å². The predicted octanol–water partition coefficient (Wildman–Crippen LogP) is -0.0263. The van der Waals surface area contributed by atoms with E-state index < -0.39 is 0 Å². The summed E-state index contributed by atoms with van der Waals surface area (Å²) < 4.78 is 3.80. The molecule has 86 valence electrons. The van der Waals surface area contributed by atoms with E-state index in [1.165, 1.54) is 5.69 Å². The zero-order valence-corrected chi connectivity index (χ0v) is 9.59. The molecule has 0 aromatic carbocycles. The van der Waals surface area contributed by atoms with Crippen LogP contribution in [0.4, 0.5) is 0 Å². The maximum absolute atomic E-state index is 4.20. The molecule has 0 saturated heterocycles. The number of nitrogens with one attached hydrogen (secondary N) is 1. The van der Waals surface area contributed by atoms with Crippen molar-refractivity contribution < 1.29 is 0 Å². The molecule has 16 heavy (non-hydrogen) atoms. The molecule has 1 N–H and O–H groups in total. The van der Waals surface area contributed by atoms with E-state index in [-0.39, 0.29) is 0 Å². The fourth-order valence-corrected chi connectivity index (χ4v) is 1.64. The van der Waals surface area contributed by atoms with Crippen LogP contribution in [0.5, 0.6) is 0 Å². The molecule has 0 fully saturated rings. The molecule has 0 aliphatic rings. The summed E-state index contributed by atoms with van der Waals surface area (Å²) in [6, 6.07) is 2.02. The summed E-state index contributed by atoms with van der Waals surface area (Å²) >= 11 is 0. The molecule has 0 bridgehead atoms. The summed E-state index contributed by atoms with van der Waals surface area (Å²) in [5.74, 6) is 0.963. The first-order chi connectivity index (χ1) is 7.81. The van der Waals surface area contributed by atoms with Crippen LogP contribution >= 0.6 is 0 Å². The lowest BCUT2D eigenvalue weighted by Gasteiger charge is -2.05. The van der Waals surface area contributed by atoms with Gasteiger partial charge in [0.2, 0.25) is 0 Å². The number of hydrogen-bond donors (Lipinski definition) is 1. The van der Waals surface area contributed by atoms with Crippen LogP contribution in [0, 0.1) is 0 Å². The Morgan fingerprint density at radius 1 is 1.38 bits per heavy atom. The molecule has 6 heteroatoms. The third kappa shape index (κ3) is 2.27. The zero-order chi connectivity index (χ0) is 11.4. The van der Waals surface area contributed by atoms with Crippen molar-refractivity contribution in [3.05, 3.63) is 30.1 Å². The van der Waals surface area contributed by atoms with E-state index in [1.807, 2.05) is 35.7 Å². The lowest BCUT2D eigenvalue weighted by Crippen LogP contribution is -2.15. The van der Waals surface area contributed by atoms with Gasteiger partial charge in [-0.25, -0.2) is 9.67 Å². The highest BCUT2D eigenvalue weighted by molar-refractivity contribution is 5.00. The topological polar surface area (TPSA) is 60.6 Å². The average Bonchev–Trinajstić information content (AvgIpc) is 2.86. The molecule has 0 unspecified atom stereocenters. The van der Waals surface area contributed by atoms with Gasteiger partial charge in [0.1, 0.15) is 12.2 Å². The van der Waals surface area contributed by atoms with Crippen molar-refractivity contribution in [2.24, 2.45) is 7.05 Å². The highest BCUT2D eigenvalue weighted by atomic mass is 15.3. The first kappa shape index (κ1) is 10.8. The van der Waals surface area contributed by atoms with Crippen LogP contribution in [0.15, 0.2) is 18.6 Å². The van der Waals surface area contributed by atoms with Crippen molar-refractivity contribution in [3.8, 4) is 0 Å². The van der Waals surface area contributed by atoms with Crippen LogP contribution in [0.25, 0.3) is 0 Å². The molecule has 0 saturated carbocycles. The van der Waals surface area contributed by atoms with E-state index in [0.717, 1.165) is 25.3 Å². The minimum absolute atomic E-state index is 0.741. The molecule has 0 aliphatic heterocycles. The highest BCUT2D eigenvalue weighted by Gasteiger charge is 2.04. The van der Waals surface area contributed by atoms with Crippen LogP contribution in [0.2, 0.25) is 0 Å². The fraction of sp³-hybridized carbons (Fsp3) is 0.500. The average molecular weight is 220 g/mol. The molecule has 0 amide bonds. The lowest BCUT2D eigenvalue weighted by atomic mass is 10.3. The van der Waals surface area contributed by atoms with E-state index in [9.17, 15) is 0 Å². The first-order valence-electron chi connectivity index (χ1n) is 5.29. The molecule has 6 nitrogen and oxygen atoms in total. The third-order valence-electron chi connectivity index (χ3n) is 2.53. The van der Waals surface area contributed by atoms with Gasteiger partial charge in [0, 0.05) is 31.9 Å². The van der Waals surface area contributed by atoms with Gasteiger partial charge < -0.3 is 5.32 Å². The number of rotatable bonds is 5. The maximum atomic E-state index is 4.20. The highest BCUT2D eigenvalue weighted by Crippen LogP contribution is 2.01. The Hall–Kier alpha value is -1.69. The number of nitrogens with zero attached hydrogens (tertiary/aromatic N) is 5. The van der Waals surface area contributed by atoms with Crippen molar-refractivity contribution in [2.75, 3.05) is 7.05 Å². The molecule has 0 atom stereocenters. The Labute approximate surface area is 94.3 Å². The molecular weight excluding hydrogens is 204 g/mol. The van der Waals surface area contributed by atoms with E-state index >= 15 is 0 Å². The fourth-order valence-electron chi connectivity index (χ4n) is 1.64. The minimum Gasteiger partial charge on any atom is -0.313 e. The Balaban J connectivity index is 1.99. The molecule has 0 radical (unpaired) electrons. The number of aryl methyl sites for hydroxylation is 3. The lowest BCUT2D eigenvalue weighted by molar-refractivity contribution is 0.548. The van der Waals surface area contributed by atoms with Gasteiger partial charge in [0.15, 0.2) is 0 Å². The monoisotopic (exact) mass is 220 g/mol. The summed E-state index contributed by atoms with van der Waals surface area (Å²) in [6.07, 6.45) is 4.32. The summed E-state index contributed by atoms with van der Waals surface area (Å²) in [4.78, 5) is 4.20. The van der Waals surface area contributed by atoms with Crippen molar-refractivity contribution >= 4 is 0 Å². The number of aromatic nitrogens is 5. The Morgan fingerprint density at radius 3 is 2.94 bits per heavy atom. The standard InChI is InChI=1S/C10H16N6/c1-11-7-10-12-8-14-16(10)6-4-9-3-5-13-15(9)2/h3,5,8,11H,4,6-7H2,1-2H3. The van der Waals surface area contributed by atoms with E-state index in [4.69, 9.17) is 0 Å². The smallest absolute Gasteiger partial charge is 0.140 e. The molecule has 2 heterocycles. The number of hydrogen-bond acceptors (Lipinski definition) is 4. The second-order valence-corrected chi connectivity index (χ2v) is 3.63. The third-order valence-corrected chi connectivity index (χ3v) is 2.53. The molecule has 2 rings (SSSR count).